The number of pyridine rings is 2. The minimum atomic E-state index is -0.255. The van der Waals surface area contributed by atoms with Gasteiger partial charge in [0.05, 0.1) is 5.52 Å². The first-order chi connectivity index (χ1) is 14.0. The van der Waals surface area contributed by atoms with E-state index in [1.807, 2.05) is 19.1 Å². The Bertz CT molecular complexity index is 1220. The highest BCUT2D eigenvalue weighted by atomic mass is 32.1. The van der Waals surface area contributed by atoms with Crippen molar-refractivity contribution in [1.82, 2.24) is 25.2 Å². The van der Waals surface area contributed by atoms with Gasteiger partial charge < -0.3 is 9.88 Å². The summed E-state index contributed by atoms with van der Waals surface area (Å²) in [5.41, 5.74) is 4.83. The number of aryl methyl sites for hydroxylation is 2. The monoisotopic (exact) mass is 403 g/mol. The molecule has 1 amide bonds. The average Bonchev–Trinajstić information content (AvgIpc) is 3.02. The zero-order chi connectivity index (χ0) is 20.4. The molecule has 0 spiro atoms. The maximum Gasteiger partial charge on any atom is 0.257 e. The number of para-hydroxylation sites is 1. The van der Waals surface area contributed by atoms with Crippen LogP contribution >= 0.6 is 12.2 Å². The zero-order valence-corrected chi connectivity index (χ0v) is 17.1. The molecule has 0 radical (unpaired) electrons. The summed E-state index contributed by atoms with van der Waals surface area (Å²) in [6, 6.07) is 13.7. The Morgan fingerprint density at radius 2 is 1.90 bits per heavy atom. The predicted octanol–water partition coefficient (Wildman–Crippen LogP) is 3.51. The topological polar surface area (TPSA) is 71.8 Å². The van der Waals surface area contributed by atoms with Gasteiger partial charge in [-0.1, -0.05) is 18.2 Å². The summed E-state index contributed by atoms with van der Waals surface area (Å²) in [4.78, 5) is 20.9. The number of hydrogen-bond donors (Lipinski definition) is 2. The number of nitrogens with zero attached hydrogens (tertiary/aromatic N) is 3. The number of amides is 1. The summed E-state index contributed by atoms with van der Waals surface area (Å²) in [7, 11) is 0. The largest absolute Gasteiger partial charge is 0.361 e. The average molecular weight is 404 g/mol. The van der Waals surface area contributed by atoms with E-state index in [2.05, 4.69) is 45.3 Å². The minimum Gasteiger partial charge on any atom is -0.361 e. The van der Waals surface area contributed by atoms with Gasteiger partial charge in [0.25, 0.3) is 5.91 Å². The van der Waals surface area contributed by atoms with Crippen LogP contribution in [-0.2, 0) is 6.54 Å². The van der Waals surface area contributed by atoms with Crippen LogP contribution in [0.3, 0.4) is 0 Å². The lowest BCUT2D eigenvalue weighted by molar-refractivity contribution is 0.0976. The van der Waals surface area contributed by atoms with Crippen LogP contribution in [0.4, 0.5) is 0 Å². The second-order valence-corrected chi connectivity index (χ2v) is 7.30. The quantitative estimate of drug-likeness (QED) is 0.510. The van der Waals surface area contributed by atoms with E-state index in [1.54, 1.807) is 24.5 Å². The first kappa shape index (κ1) is 19.0. The number of aromatic nitrogens is 3. The first-order valence-electron chi connectivity index (χ1n) is 9.39. The van der Waals surface area contributed by atoms with Crippen LogP contribution in [0.5, 0.6) is 0 Å². The Morgan fingerprint density at radius 3 is 2.69 bits per heavy atom. The van der Waals surface area contributed by atoms with Gasteiger partial charge in [-0.05, 0) is 55.9 Å². The van der Waals surface area contributed by atoms with Crippen LogP contribution < -0.4 is 10.6 Å². The molecule has 0 saturated carbocycles. The molecule has 2 N–H and O–H groups in total. The molecule has 0 aliphatic heterocycles. The van der Waals surface area contributed by atoms with E-state index in [4.69, 9.17) is 17.2 Å². The molecule has 3 aromatic heterocycles. The standard InChI is InChI=1S/C22H21N5OS/c1-14-13-15(2)25-20-19(14)17-5-3-4-6-18(17)27(20)12-11-24-22(29)26-21(28)16-7-9-23-10-8-16/h3-10,13H,11-12H2,1-2H3,(H2,24,26,28,29). The molecule has 4 aromatic rings. The van der Waals surface area contributed by atoms with Crippen molar-refractivity contribution in [3.05, 3.63) is 71.7 Å². The number of rotatable bonds is 4. The maximum absolute atomic E-state index is 12.2. The summed E-state index contributed by atoms with van der Waals surface area (Å²) < 4.78 is 2.20. The third kappa shape index (κ3) is 3.82. The third-order valence-corrected chi connectivity index (χ3v) is 5.08. The number of carbonyl (C=O) groups excluding carboxylic acids is 1. The summed E-state index contributed by atoms with van der Waals surface area (Å²) in [5.74, 6) is -0.255. The summed E-state index contributed by atoms with van der Waals surface area (Å²) in [6.45, 7) is 5.37. The van der Waals surface area contributed by atoms with E-state index in [9.17, 15) is 4.79 Å². The van der Waals surface area contributed by atoms with Gasteiger partial charge in [0.1, 0.15) is 5.65 Å². The van der Waals surface area contributed by atoms with Crippen LogP contribution in [0.25, 0.3) is 21.9 Å². The van der Waals surface area contributed by atoms with Crippen molar-refractivity contribution < 1.29 is 4.79 Å². The molecule has 7 heteroatoms. The number of benzene rings is 1. The van der Waals surface area contributed by atoms with Gasteiger partial charge in [-0.15, -0.1) is 0 Å². The number of thiocarbonyl (C=S) groups is 1. The Kier molecular flexibility index (Phi) is 5.22. The fourth-order valence-corrected chi connectivity index (χ4v) is 3.80. The second-order valence-electron chi connectivity index (χ2n) is 6.89. The van der Waals surface area contributed by atoms with Gasteiger partial charge in [-0.2, -0.15) is 0 Å². The van der Waals surface area contributed by atoms with Crippen LogP contribution in [0.1, 0.15) is 21.6 Å². The molecule has 0 unspecified atom stereocenters. The molecule has 0 saturated heterocycles. The van der Waals surface area contributed by atoms with Crippen LogP contribution in [0.2, 0.25) is 0 Å². The highest BCUT2D eigenvalue weighted by molar-refractivity contribution is 7.80. The van der Waals surface area contributed by atoms with E-state index >= 15 is 0 Å². The van der Waals surface area contributed by atoms with Crippen molar-refractivity contribution in [3.8, 4) is 0 Å². The summed E-state index contributed by atoms with van der Waals surface area (Å²) >= 11 is 5.27. The molecule has 0 bridgehead atoms. The van der Waals surface area contributed by atoms with E-state index in [1.165, 1.54) is 16.3 Å². The van der Waals surface area contributed by atoms with Crippen molar-refractivity contribution >= 4 is 45.2 Å². The lowest BCUT2D eigenvalue weighted by atomic mass is 10.1. The minimum absolute atomic E-state index is 0.255. The fraction of sp³-hybridized carbons (Fsp3) is 0.182. The molecular weight excluding hydrogens is 382 g/mol. The highest BCUT2D eigenvalue weighted by Crippen LogP contribution is 2.30. The molecule has 0 aliphatic rings. The van der Waals surface area contributed by atoms with Crippen molar-refractivity contribution in [2.24, 2.45) is 0 Å². The van der Waals surface area contributed by atoms with Gasteiger partial charge in [0.15, 0.2) is 5.11 Å². The molecule has 146 valence electrons. The molecule has 4 rings (SSSR count). The molecule has 1 aromatic carbocycles. The number of carbonyl (C=O) groups is 1. The third-order valence-electron chi connectivity index (χ3n) is 4.84. The predicted molar refractivity (Wildman–Crippen MR) is 119 cm³/mol. The molecule has 3 heterocycles. The Labute approximate surface area is 174 Å². The lowest BCUT2D eigenvalue weighted by Gasteiger charge is -2.11. The van der Waals surface area contributed by atoms with Crippen LogP contribution in [-0.4, -0.2) is 32.1 Å². The van der Waals surface area contributed by atoms with Crippen LogP contribution in [0, 0.1) is 13.8 Å². The smallest absolute Gasteiger partial charge is 0.257 e. The van der Waals surface area contributed by atoms with Gasteiger partial charge >= 0.3 is 0 Å². The number of fused-ring (bicyclic) bond motifs is 3. The van der Waals surface area contributed by atoms with E-state index in [0.717, 1.165) is 16.9 Å². The zero-order valence-electron chi connectivity index (χ0n) is 16.3. The summed E-state index contributed by atoms with van der Waals surface area (Å²) in [6.07, 6.45) is 3.15. The molecule has 0 aliphatic carbocycles. The molecular formula is C22H21N5OS. The summed E-state index contributed by atoms with van der Waals surface area (Å²) in [5, 5.41) is 8.49. The molecule has 29 heavy (non-hydrogen) atoms. The molecule has 0 fully saturated rings. The van der Waals surface area contributed by atoms with E-state index in [0.29, 0.717) is 23.8 Å². The van der Waals surface area contributed by atoms with Crippen molar-refractivity contribution in [2.45, 2.75) is 20.4 Å². The Hall–Kier alpha value is -3.32. The van der Waals surface area contributed by atoms with Gasteiger partial charge in [0, 0.05) is 47.5 Å². The highest BCUT2D eigenvalue weighted by Gasteiger charge is 2.14. The van der Waals surface area contributed by atoms with E-state index < -0.39 is 0 Å². The van der Waals surface area contributed by atoms with Crippen molar-refractivity contribution in [2.75, 3.05) is 6.54 Å². The second kappa shape index (κ2) is 7.97. The first-order valence-corrected chi connectivity index (χ1v) is 9.80. The van der Waals surface area contributed by atoms with Gasteiger partial charge in [0.2, 0.25) is 0 Å². The Balaban J connectivity index is 1.51. The Morgan fingerprint density at radius 1 is 1.14 bits per heavy atom. The number of nitrogens with one attached hydrogen (secondary N) is 2. The van der Waals surface area contributed by atoms with Crippen molar-refractivity contribution in [1.29, 1.82) is 0 Å². The fourth-order valence-electron chi connectivity index (χ4n) is 3.61. The van der Waals surface area contributed by atoms with E-state index in [-0.39, 0.29) is 5.91 Å². The molecule has 6 nitrogen and oxygen atoms in total. The SMILES string of the molecule is Cc1cc(C)c2c3ccccc3n(CCNC(=S)NC(=O)c3ccncc3)c2n1. The van der Waals surface area contributed by atoms with Gasteiger partial charge in [-0.25, -0.2) is 4.98 Å². The molecule has 0 atom stereocenters. The normalized spacial score (nSPS) is 11.0. The number of hydrogen-bond acceptors (Lipinski definition) is 4. The van der Waals surface area contributed by atoms with Gasteiger partial charge in [-0.3, -0.25) is 15.1 Å². The lowest BCUT2D eigenvalue weighted by Crippen LogP contribution is -2.40. The maximum atomic E-state index is 12.2. The van der Waals surface area contributed by atoms with Crippen LogP contribution in [0.15, 0.2) is 54.9 Å². The van der Waals surface area contributed by atoms with Crippen molar-refractivity contribution in [3.63, 3.8) is 0 Å².